The second-order valence-electron chi connectivity index (χ2n) is 5.39. The normalized spacial score (nSPS) is 21.7. The maximum atomic E-state index is 12.4. The van der Waals surface area contributed by atoms with Gasteiger partial charge in [0.15, 0.2) is 0 Å². The molecule has 1 atom stereocenters. The van der Waals surface area contributed by atoms with Crippen LogP contribution in [0.2, 0.25) is 0 Å². The topological polar surface area (TPSA) is 76.7 Å². The molecule has 1 saturated heterocycles. The summed E-state index contributed by atoms with van der Waals surface area (Å²) in [6, 6.07) is 5.30. The van der Waals surface area contributed by atoms with E-state index in [4.69, 9.17) is 4.74 Å². The van der Waals surface area contributed by atoms with Crippen molar-refractivity contribution in [2.75, 3.05) is 26.8 Å². The van der Waals surface area contributed by atoms with Crippen molar-refractivity contribution in [3.8, 4) is 5.75 Å². The zero-order chi connectivity index (χ0) is 16.9. The molecule has 0 radical (unpaired) electrons. The second-order valence-corrected chi connectivity index (χ2v) is 7.13. The summed E-state index contributed by atoms with van der Waals surface area (Å²) < 4.78 is 61.6. The molecule has 1 aliphatic rings. The molecule has 0 aromatic heterocycles. The van der Waals surface area contributed by atoms with Crippen molar-refractivity contribution in [3.05, 3.63) is 24.3 Å². The van der Waals surface area contributed by atoms with Crippen LogP contribution in [-0.4, -0.2) is 47.4 Å². The fraction of sp³-hybridized carbons (Fsp3) is 0.571. The van der Waals surface area contributed by atoms with Crippen LogP contribution in [0.15, 0.2) is 29.2 Å². The average molecular weight is 350 g/mol. The highest BCUT2D eigenvalue weighted by molar-refractivity contribution is 7.89. The van der Waals surface area contributed by atoms with E-state index in [1.54, 1.807) is 7.11 Å². The van der Waals surface area contributed by atoms with Crippen molar-refractivity contribution < 1.29 is 26.7 Å². The zero-order valence-electron chi connectivity index (χ0n) is 12.7. The largest absolute Gasteiger partial charge is 0.433 e. The van der Waals surface area contributed by atoms with Crippen LogP contribution < -0.4 is 14.8 Å². The number of rotatable bonds is 8. The molecule has 1 unspecified atom stereocenters. The van der Waals surface area contributed by atoms with Gasteiger partial charge < -0.3 is 14.8 Å². The molecule has 2 rings (SSSR count). The fourth-order valence-electron chi connectivity index (χ4n) is 2.65. The Bertz CT molecular complexity index is 619. The fourth-order valence-corrected chi connectivity index (χ4v) is 3.91. The lowest BCUT2D eigenvalue weighted by Crippen LogP contribution is -2.52. The Hall–Kier alpha value is -1.29. The van der Waals surface area contributed by atoms with Crippen molar-refractivity contribution in [2.45, 2.75) is 29.9 Å². The van der Waals surface area contributed by atoms with Crippen LogP contribution in [-0.2, 0) is 14.8 Å². The minimum absolute atomic E-state index is 0.103. The molecule has 0 bridgehead atoms. The van der Waals surface area contributed by atoms with Gasteiger partial charge in [-0.15, -0.1) is 0 Å². The van der Waals surface area contributed by atoms with E-state index in [2.05, 4.69) is 14.8 Å². The Labute approximate surface area is 134 Å². The number of sulfonamides is 1. The van der Waals surface area contributed by atoms with Crippen LogP contribution in [0.4, 0.5) is 8.78 Å². The Kier molecular flexibility index (Phi) is 5.90. The first-order valence-electron chi connectivity index (χ1n) is 7.16. The smallest absolute Gasteiger partial charge is 0.387 e. The Morgan fingerprint density at radius 2 is 2.13 bits per heavy atom. The molecule has 0 amide bonds. The van der Waals surface area contributed by atoms with Crippen LogP contribution in [0.1, 0.15) is 12.8 Å². The summed E-state index contributed by atoms with van der Waals surface area (Å²) in [4.78, 5) is -0.314. The predicted molar refractivity (Wildman–Crippen MR) is 80.1 cm³/mol. The lowest BCUT2D eigenvalue weighted by Gasteiger charge is -2.29. The SMILES string of the molecule is COCC1(CNS(=O)(=O)c2ccccc2OC(F)F)CCCN1. The van der Waals surface area contributed by atoms with Crippen LogP contribution in [0, 0.1) is 0 Å². The minimum Gasteiger partial charge on any atom is -0.433 e. The van der Waals surface area contributed by atoms with E-state index in [1.807, 2.05) is 0 Å². The molecule has 2 N–H and O–H groups in total. The molecule has 0 spiro atoms. The number of hydrogen-bond acceptors (Lipinski definition) is 5. The number of hydrogen-bond donors (Lipinski definition) is 2. The lowest BCUT2D eigenvalue weighted by atomic mass is 9.99. The van der Waals surface area contributed by atoms with Gasteiger partial charge in [0.2, 0.25) is 10.0 Å². The maximum Gasteiger partial charge on any atom is 0.387 e. The third-order valence-corrected chi connectivity index (χ3v) is 5.15. The van der Waals surface area contributed by atoms with E-state index in [0.717, 1.165) is 19.4 Å². The molecule has 9 heteroatoms. The Balaban J connectivity index is 2.16. The number of methoxy groups -OCH3 is 1. The average Bonchev–Trinajstić information content (AvgIpc) is 2.95. The van der Waals surface area contributed by atoms with Crippen molar-refractivity contribution in [1.29, 1.82) is 0 Å². The van der Waals surface area contributed by atoms with Crippen LogP contribution in [0.25, 0.3) is 0 Å². The van der Waals surface area contributed by atoms with Gasteiger partial charge in [0.1, 0.15) is 10.6 Å². The molecular weight excluding hydrogens is 330 g/mol. The maximum absolute atomic E-state index is 12.4. The van der Waals surface area contributed by atoms with E-state index in [1.165, 1.54) is 24.3 Å². The van der Waals surface area contributed by atoms with E-state index in [9.17, 15) is 17.2 Å². The van der Waals surface area contributed by atoms with Crippen molar-refractivity contribution in [2.24, 2.45) is 0 Å². The van der Waals surface area contributed by atoms with E-state index < -0.39 is 22.2 Å². The minimum atomic E-state index is -3.98. The van der Waals surface area contributed by atoms with Crippen LogP contribution in [0.5, 0.6) is 5.75 Å². The summed E-state index contributed by atoms with van der Waals surface area (Å²) in [5.74, 6) is -0.379. The van der Waals surface area contributed by atoms with Gasteiger partial charge in [-0.3, -0.25) is 0 Å². The molecular formula is C14H20F2N2O4S. The first kappa shape index (κ1) is 18.1. The van der Waals surface area contributed by atoms with Gasteiger partial charge in [0.05, 0.1) is 12.1 Å². The number of ether oxygens (including phenoxy) is 2. The summed E-state index contributed by atoms with van der Waals surface area (Å²) in [5.41, 5.74) is -0.486. The van der Waals surface area contributed by atoms with Gasteiger partial charge in [0, 0.05) is 13.7 Å². The van der Waals surface area contributed by atoms with Gasteiger partial charge in [0.25, 0.3) is 0 Å². The molecule has 1 aliphatic heterocycles. The van der Waals surface area contributed by atoms with Crippen molar-refractivity contribution in [1.82, 2.24) is 10.0 Å². The third-order valence-electron chi connectivity index (χ3n) is 3.71. The third kappa shape index (κ3) is 4.60. The molecule has 130 valence electrons. The van der Waals surface area contributed by atoms with Gasteiger partial charge in [-0.1, -0.05) is 12.1 Å². The monoisotopic (exact) mass is 350 g/mol. The molecule has 23 heavy (non-hydrogen) atoms. The number of halogens is 2. The first-order valence-corrected chi connectivity index (χ1v) is 8.64. The summed E-state index contributed by atoms with van der Waals surface area (Å²) in [5, 5.41) is 3.24. The predicted octanol–water partition coefficient (Wildman–Crippen LogP) is 1.33. The summed E-state index contributed by atoms with van der Waals surface area (Å²) in [6.45, 7) is -1.87. The first-order chi connectivity index (χ1) is 10.9. The highest BCUT2D eigenvalue weighted by atomic mass is 32.2. The number of nitrogens with one attached hydrogen (secondary N) is 2. The van der Waals surface area contributed by atoms with Gasteiger partial charge in [-0.25, -0.2) is 13.1 Å². The molecule has 1 fully saturated rings. The number of para-hydroxylation sites is 1. The molecule has 0 aliphatic carbocycles. The standard InChI is InChI=1S/C14H20F2N2O4S/c1-21-10-14(7-4-8-17-14)9-18-23(19,20)12-6-3-2-5-11(12)22-13(15)16/h2-3,5-6,13,17-18H,4,7-10H2,1H3. The highest BCUT2D eigenvalue weighted by Crippen LogP contribution is 2.26. The van der Waals surface area contributed by atoms with Crippen molar-refractivity contribution >= 4 is 10.0 Å². The van der Waals surface area contributed by atoms with Crippen LogP contribution >= 0.6 is 0 Å². The van der Waals surface area contributed by atoms with Gasteiger partial charge in [-0.05, 0) is 31.5 Å². The number of alkyl halides is 2. The highest BCUT2D eigenvalue weighted by Gasteiger charge is 2.35. The van der Waals surface area contributed by atoms with Crippen molar-refractivity contribution in [3.63, 3.8) is 0 Å². The molecule has 1 aromatic rings. The summed E-state index contributed by atoms with van der Waals surface area (Å²) in [6.07, 6.45) is 1.68. The van der Waals surface area contributed by atoms with E-state index in [-0.39, 0.29) is 17.2 Å². The lowest BCUT2D eigenvalue weighted by molar-refractivity contribution is -0.0517. The Morgan fingerprint density at radius 1 is 1.39 bits per heavy atom. The quantitative estimate of drug-likeness (QED) is 0.740. The zero-order valence-corrected chi connectivity index (χ0v) is 13.5. The summed E-state index contributed by atoms with van der Waals surface area (Å²) >= 11 is 0. The van der Waals surface area contributed by atoms with E-state index in [0.29, 0.717) is 6.61 Å². The Morgan fingerprint density at radius 3 is 2.74 bits per heavy atom. The molecule has 0 saturated carbocycles. The van der Waals surface area contributed by atoms with Gasteiger partial charge in [-0.2, -0.15) is 8.78 Å². The van der Waals surface area contributed by atoms with Gasteiger partial charge >= 0.3 is 6.61 Å². The van der Waals surface area contributed by atoms with E-state index >= 15 is 0 Å². The van der Waals surface area contributed by atoms with Crippen LogP contribution in [0.3, 0.4) is 0 Å². The molecule has 6 nitrogen and oxygen atoms in total. The summed E-state index contributed by atoms with van der Waals surface area (Å²) in [7, 11) is -2.44. The molecule has 1 heterocycles. The molecule has 1 aromatic carbocycles. The second kappa shape index (κ2) is 7.52. The number of benzene rings is 1.